The van der Waals surface area contributed by atoms with Crippen molar-refractivity contribution >= 4 is 64.2 Å². The Kier molecular flexibility index (Phi) is 9.99. The second-order valence-corrected chi connectivity index (χ2v) is 23.4. The maximum absolute atomic E-state index is 17.7. The van der Waals surface area contributed by atoms with Crippen LogP contribution in [-0.4, -0.2) is 59.8 Å². The monoisotopic (exact) mass is 784 g/mol. The standard InChI is InChI=1S/C44H51ClF2N4O3Si/c1-23(2)55(24(3)4,25(5)6)17-16-31-34(46)15-12-28-18-26(7)19-32(35(28)31)36-38(47)39-37(33-20-27(8)53-40(33)36)41(49-42(45)48-39)50-21-29-13-14-30(22-50)51(29)43(52)54-44(9,10)11/h12,15,18-20,23-25,29-30H,13-14,21-22H2,1-11H3/t29-,30+. The molecule has 7 nitrogen and oxygen atoms in total. The van der Waals surface area contributed by atoms with Crippen molar-refractivity contribution in [2.24, 2.45) is 0 Å². The Bertz CT molecular complexity index is 2390. The first-order chi connectivity index (χ1) is 25.8. The number of benzene rings is 3. The summed E-state index contributed by atoms with van der Waals surface area (Å²) in [7, 11) is -2.26. The van der Waals surface area contributed by atoms with Gasteiger partial charge in [0.2, 0.25) is 5.28 Å². The fraction of sp³-hybridized carbons (Fsp3) is 0.477. The Balaban J connectivity index is 1.46. The Hall–Kier alpha value is -4.20. The fourth-order valence-electron chi connectivity index (χ4n) is 9.60. The first-order valence-corrected chi connectivity index (χ1v) is 22.0. The molecule has 0 spiro atoms. The number of aromatic nitrogens is 2. The summed E-state index contributed by atoms with van der Waals surface area (Å²) < 4.78 is 46.1. The minimum atomic E-state index is -2.26. The number of piperazine rings is 1. The summed E-state index contributed by atoms with van der Waals surface area (Å²) in [5.41, 5.74) is 6.26. The number of ether oxygens (including phenoxy) is 1. The summed E-state index contributed by atoms with van der Waals surface area (Å²) in [4.78, 5) is 26.4. The van der Waals surface area contributed by atoms with Crippen molar-refractivity contribution in [2.75, 3.05) is 18.0 Å². The van der Waals surface area contributed by atoms with E-state index in [1.165, 1.54) is 6.07 Å². The number of amides is 1. The highest BCUT2D eigenvalue weighted by Crippen LogP contribution is 2.47. The number of rotatable bonds is 5. The van der Waals surface area contributed by atoms with E-state index in [4.69, 9.17) is 25.7 Å². The number of carbonyl (C=O) groups is 1. The molecule has 55 heavy (non-hydrogen) atoms. The summed E-state index contributed by atoms with van der Waals surface area (Å²) in [5.74, 6) is 3.34. The summed E-state index contributed by atoms with van der Waals surface area (Å²) in [6.45, 7) is 23.6. The third kappa shape index (κ3) is 6.65. The van der Waals surface area contributed by atoms with Crippen molar-refractivity contribution in [1.29, 1.82) is 0 Å². The van der Waals surface area contributed by atoms with Gasteiger partial charge < -0.3 is 14.1 Å². The first kappa shape index (κ1) is 39.0. The van der Waals surface area contributed by atoms with Crippen molar-refractivity contribution in [3.8, 4) is 22.6 Å². The van der Waals surface area contributed by atoms with Crippen molar-refractivity contribution in [2.45, 2.75) is 123 Å². The lowest BCUT2D eigenvalue weighted by Crippen LogP contribution is -2.57. The molecule has 0 radical (unpaired) electrons. The van der Waals surface area contributed by atoms with Crippen LogP contribution in [-0.2, 0) is 4.74 Å². The predicted octanol–water partition coefficient (Wildman–Crippen LogP) is 11.9. The molecule has 1 amide bonds. The molecule has 2 atom stereocenters. The van der Waals surface area contributed by atoms with Crippen LogP contribution < -0.4 is 4.90 Å². The smallest absolute Gasteiger partial charge is 0.410 e. The van der Waals surface area contributed by atoms with Crippen molar-refractivity contribution in [3.05, 3.63) is 64.1 Å². The number of carbonyl (C=O) groups excluding carboxylic acids is 1. The average molecular weight is 785 g/mol. The quantitative estimate of drug-likeness (QED) is 0.100. The third-order valence-electron chi connectivity index (χ3n) is 11.8. The molecule has 2 saturated heterocycles. The third-order valence-corrected chi connectivity index (χ3v) is 18.2. The van der Waals surface area contributed by atoms with Crippen molar-refractivity contribution in [1.82, 2.24) is 14.9 Å². The van der Waals surface area contributed by atoms with E-state index in [1.54, 1.807) is 6.07 Å². The van der Waals surface area contributed by atoms with Gasteiger partial charge in [-0.05, 0) is 104 Å². The molecule has 290 valence electrons. The van der Waals surface area contributed by atoms with E-state index in [-0.39, 0.29) is 40.1 Å². The number of halogens is 3. The Morgan fingerprint density at radius 2 is 1.60 bits per heavy atom. The second-order valence-electron chi connectivity index (χ2n) is 17.5. The van der Waals surface area contributed by atoms with Gasteiger partial charge >= 0.3 is 6.09 Å². The average Bonchev–Trinajstić information content (AvgIpc) is 3.59. The molecular weight excluding hydrogens is 734 g/mol. The highest BCUT2D eigenvalue weighted by molar-refractivity contribution is 6.90. The summed E-state index contributed by atoms with van der Waals surface area (Å²) in [6.07, 6.45) is 1.30. The number of aryl methyl sites for hydroxylation is 2. The molecule has 2 aliphatic heterocycles. The predicted molar refractivity (Wildman–Crippen MR) is 222 cm³/mol. The van der Waals surface area contributed by atoms with Crippen LogP contribution in [0.2, 0.25) is 21.9 Å². The van der Waals surface area contributed by atoms with Gasteiger partial charge in [0.05, 0.1) is 28.6 Å². The van der Waals surface area contributed by atoms with Crippen LogP contribution in [0.15, 0.2) is 34.7 Å². The summed E-state index contributed by atoms with van der Waals surface area (Å²) >= 11 is 6.65. The van der Waals surface area contributed by atoms with E-state index >= 15 is 8.78 Å². The zero-order chi connectivity index (χ0) is 39.9. The molecule has 3 aromatic carbocycles. The molecule has 2 bridgehead atoms. The van der Waals surface area contributed by atoms with Gasteiger partial charge in [0.15, 0.2) is 5.82 Å². The van der Waals surface area contributed by atoms with Gasteiger partial charge in [0.1, 0.15) is 42.2 Å². The Morgan fingerprint density at radius 3 is 2.20 bits per heavy atom. The number of anilines is 1. The summed E-state index contributed by atoms with van der Waals surface area (Å²) in [6, 6.07) is 8.70. The molecular formula is C44H51ClF2N4O3Si. The number of hydrogen-bond acceptors (Lipinski definition) is 6. The zero-order valence-corrected chi connectivity index (χ0v) is 35.5. The maximum atomic E-state index is 17.7. The van der Waals surface area contributed by atoms with E-state index in [9.17, 15) is 4.79 Å². The molecule has 5 aromatic rings. The minimum absolute atomic E-state index is 0.0461. The number of hydrogen-bond donors (Lipinski definition) is 0. The van der Waals surface area contributed by atoms with Crippen LogP contribution in [0.25, 0.3) is 43.8 Å². The number of furan rings is 1. The van der Waals surface area contributed by atoms with Gasteiger partial charge in [-0.2, -0.15) is 4.98 Å². The fourth-order valence-corrected chi connectivity index (χ4v) is 15.0. The maximum Gasteiger partial charge on any atom is 0.410 e. The van der Waals surface area contributed by atoms with Gasteiger partial charge in [-0.3, -0.25) is 4.90 Å². The molecule has 11 heteroatoms. The molecule has 0 aliphatic carbocycles. The van der Waals surface area contributed by atoms with Crippen molar-refractivity contribution in [3.63, 3.8) is 0 Å². The molecule has 0 N–H and O–H groups in total. The lowest BCUT2D eigenvalue weighted by Gasteiger charge is -2.42. The van der Waals surface area contributed by atoms with Crippen LogP contribution in [0.4, 0.5) is 19.4 Å². The lowest BCUT2D eigenvalue weighted by molar-refractivity contribution is 0.0123. The Morgan fingerprint density at radius 1 is 0.964 bits per heavy atom. The zero-order valence-electron chi connectivity index (χ0n) is 33.7. The largest absolute Gasteiger partial charge is 0.461 e. The van der Waals surface area contributed by atoms with Crippen LogP contribution in [0, 0.1) is 36.9 Å². The molecule has 4 heterocycles. The van der Waals surface area contributed by atoms with Gasteiger partial charge in [-0.25, -0.2) is 18.6 Å². The van der Waals surface area contributed by atoms with Crippen LogP contribution >= 0.6 is 11.6 Å². The van der Waals surface area contributed by atoms with E-state index in [2.05, 4.69) is 62.9 Å². The van der Waals surface area contributed by atoms with Gasteiger partial charge in [0.25, 0.3) is 0 Å². The van der Waals surface area contributed by atoms with E-state index < -0.39 is 25.3 Å². The van der Waals surface area contributed by atoms with Gasteiger partial charge in [-0.15, -0.1) is 5.54 Å². The second kappa shape index (κ2) is 14.1. The summed E-state index contributed by atoms with van der Waals surface area (Å²) in [5, 5.41) is 2.29. The van der Waals surface area contributed by atoms with E-state index in [0.29, 0.717) is 68.6 Å². The highest BCUT2D eigenvalue weighted by Gasteiger charge is 2.45. The molecule has 0 saturated carbocycles. The molecule has 2 aromatic heterocycles. The SMILES string of the molecule is Cc1cc(-c2c(F)c3nc(Cl)nc(N4C[C@H]5CC[C@@H](C4)N5C(=O)OC(C)(C)C)c3c3cc(C)oc23)c2c(C#C[Si](C(C)C)(C(C)C)C(C)C)c(F)ccc2c1. The van der Waals surface area contributed by atoms with Gasteiger partial charge in [0, 0.05) is 23.9 Å². The normalized spacial score (nSPS) is 17.7. The molecule has 7 rings (SSSR count). The number of fused-ring (bicyclic) bond motifs is 6. The van der Waals surface area contributed by atoms with Crippen LogP contribution in [0.1, 0.15) is 92.0 Å². The first-order valence-electron chi connectivity index (χ1n) is 19.4. The van der Waals surface area contributed by atoms with Crippen LogP contribution in [0.3, 0.4) is 0 Å². The molecule has 0 unspecified atom stereocenters. The van der Waals surface area contributed by atoms with Crippen molar-refractivity contribution < 1.29 is 22.7 Å². The minimum Gasteiger partial charge on any atom is -0.461 e. The van der Waals surface area contributed by atoms with Crippen LogP contribution in [0.5, 0.6) is 0 Å². The highest BCUT2D eigenvalue weighted by atomic mass is 35.5. The van der Waals surface area contributed by atoms with Gasteiger partial charge in [-0.1, -0.05) is 65.7 Å². The number of nitrogens with zero attached hydrogens (tertiary/aromatic N) is 4. The Labute approximate surface area is 328 Å². The molecule has 2 fully saturated rings. The van der Waals surface area contributed by atoms with E-state index in [1.807, 2.05) is 57.7 Å². The molecule has 2 aliphatic rings. The van der Waals surface area contributed by atoms with E-state index in [0.717, 1.165) is 23.8 Å². The topological polar surface area (TPSA) is 71.7 Å². The lowest BCUT2D eigenvalue weighted by atomic mass is 9.90.